The summed E-state index contributed by atoms with van der Waals surface area (Å²) >= 11 is 0. The minimum atomic E-state index is -3.83. The molecule has 0 bridgehead atoms. The number of rotatable bonds is 5. The van der Waals surface area contributed by atoms with Crippen LogP contribution in [0.1, 0.15) is 36.7 Å². The molecular weight excluding hydrogens is 298 g/mol. The van der Waals surface area contributed by atoms with E-state index in [0.717, 1.165) is 5.56 Å². The van der Waals surface area contributed by atoms with Crippen LogP contribution in [-0.4, -0.2) is 32.3 Å². The second-order valence-corrected chi connectivity index (χ2v) is 7.72. The molecule has 1 aromatic rings. The van der Waals surface area contributed by atoms with Crippen LogP contribution in [0.4, 0.5) is 0 Å². The lowest BCUT2D eigenvalue weighted by Gasteiger charge is -2.24. The molecule has 0 saturated carbocycles. The highest BCUT2D eigenvalue weighted by Crippen LogP contribution is 2.20. The number of hydrogen-bond acceptors (Lipinski definition) is 3. The average Bonchev–Trinajstić information content (AvgIpc) is 2.34. The van der Waals surface area contributed by atoms with Gasteiger partial charge in [-0.05, 0) is 37.5 Å². The van der Waals surface area contributed by atoms with Gasteiger partial charge in [0.25, 0.3) is 15.0 Å². The van der Waals surface area contributed by atoms with Crippen LogP contribution >= 0.6 is 10.7 Å². The maximum Gasteiger partial charge on any atom is 0.261 e. The van der Waals surface area contributed by atoms with Gasteiger partial charge in [0.15, 0.2) is 0 Å². The molecule has 0 spiro atoms. The van der Waals surface area contributed by atoms with E-state index in [1.807, 2.05) is 20.8 Å². The first-order chi connectivity index (χ1) is 9.16. The minimum absolute atomic E-state index is 0.0475. The van der Waals surface area contributed by atoms with Crippen molar-refractivity contribution in [3.05, 3.63) is 29.3 Å². The third-order valence-corrected chi connectivity index (χ3v) is 4.33. The van der Waals surface area contributed by atoms with Crippen molar-refractivity contribution in [3.63, 3.8) is 0 Å². The molecule has 0 N–H and O–H groups in total. The largest absolute Gasteiger partial charge is 0.339 e. The molecule has 0 radical (unpaired) electrons. The topological polar surface area (TPSA) is 54.5 Å². The van der Waals surface area contributed by atoms with Gasteiger partial charge in [0.2, 0.25) is 0 Å². The second-order valence-electron chi connectivity index (χ2n) is 5.15. The summed E-state index contributed by atoms with van der Waals surface area (Å²) in [6.07, 6.45) is 0. The number of amides is 1. The molecule has 0 saturated heterocycles. The highest BCUT2D eigenvalue weighted by molar-refractivity contribution is 8.13. The fourth-order valence-corrected chi connectivity index (χ4v) is 2.73. The van der Waals surface area contributed by atoms with Gasteiger partial charge in [-0.25, -0.2) is 8.42 Å². The van der Waals surface area contributed by atoms with Gasteiger partial charge >= 0.3 is 0 Å². The normalized spacial score (nSPS) is 11.7. The van der Waals surface area contributed by atoms with Gasteiger partial charge in [0, 0.05) is 29.3 Å². The lowest BCUT2D eigenvalue weighted by atomic mass is 10.1. The highest BCUT2D eigenvalue weighted by atomic mass is 35.7. The molecule has 0 aliphatic heterocycles. The molecule has 1 amide bonds. The molecule has 0 aliphatic rings. The Morgan fingerprint density at radius 1 is 1.35 bits per heavy atom. The SMILES string of the molecule is CCN(CC(C)C)C(=O)c1cc(S(=O)(=O)Cl)ccc1C. The molecule has 0 atom stereocenters. The highest BCUT2D eigenvalue weighted by Gasteiger charge is 2.20. The molecule has 0 unspecified atom stereocenters. The van der Waals surface area contributed by atoms with E-state index < -0.39 is 9.05 Å². The van der Waals surface area contributed by atoms with Crippen LogP contribution in [0.3, 0.4) is 0 Å². The molecule has 0 aliphatic carbocycles. The number of carbonyl (C=O) groups is 1. The van der Waals surface area contributed by atoms with Crippen LogP contribution < -0.4 is 0 Å². The van der Waals surface area contributed by atoms with Crippen molar-refractivity contribution in [2.24, 2.45) is 5.92 Å². The first kappa shape index (κ1) is 17.0. The Kier molecular flexibility index (Phi) is 5.59. The molecule has 20 heavy (non-hydrogen) atoms. The van der Waals surface area contributed by atoms with E-state index in [2.05, 4.69) is 0 Å². The number of aryl methyl sites for hydroxylation is 1. The Bertz CT molecular complexity index is 596. The van der Waals surface area contributed by atoms with Crippen molar-refractivity contribution >= 4 is 25.6 Å². The van der Waals surface area contributed by atoms with E-state index >= 15 is 0 Å². The van der Waals surface area contributed by atoms with E-state index in [4.69, 9.17) is 10.7 Å². The third kappa shape index (κ3) is 4.21. The van der Waals surface area contributed by atoms with Crippen LogP contribution in [0, 0.1) is 12.8 Å². The van der Waals surface area contributed by atoms with E-state index in [-0.39, 0.29) is 10.8 Å². The van der Waals surface area contributed by atoms with Gasteiger partial charge in [0.05, 0.1) is 4.90 Å². The van der Waals surface area contributed by atoms with Crippen molar-refractivity contribution in [1.29, 1.82) is 0 Å². The van der Waals surface area contributed by atoms with Crippen molar-refractivity contribution in [3.8, 4) is 0 Å². The Morgan fingerprint density at radius 3 is 2.40 bits per heavy atom. The Morgan fingerprint density at radius 2 is 1.95 bits per heavy atom. The van der Waals surface area contributed by atoms with Crippen molar-refractivity contribution in [1.82, 2.24) is 4.90 Å². The predicted molar refractivity (Wildman–Crippen MR) is 80.6 cm³/mol. The Hall–Kier alpha value is -1.07. The summed E-state index contributed by atoms with van der Waals surface area (Å²) in [6.45, 7) is 8.95. The lowest BCUT2D eigenvalue weighted by molar-refractivity contribution is 0.0745. The van der Waals surface area contributed by atoms with Gasteiger partial charge in [-0.1, -0.05) is 19.9 Å². The quantitative estimate of drug-likeness (QED) is 0.784. The zero-order chi connectivity index (χ0) is 15.5. The van der Waals surface area contributed by atoms with Crippen LogP contribution in [0.5, 0.6) is 0 Å². The summed E-state index contributed by atoms with van der Waals surface area (Å²) in [6, 6.07) is 4.36. The first-order valence-electron chi connectivity index (χ1n) is 6.51. The summed E-state index contributed by atoms with van der Waals surface area (Å²) in [4.78, 5) is 14.2. The molecule has 0 fully saturated rings. The van der Waals surface area contributed by atoms with Crippen molar-refractivity contribution in [2.75, 3.05) is 13.1 Å². The molecule has 0 heterocycles. The summed E-state index contributed by atoms with van der Waals surface area (Å²) in [5.74, 6) is 0.181. The smallest absolute Gasteiger partial charge is 0.261 e. The average molecular weight is 318 g/mol. The third-order valence-electron chi connectivity index (χ3n) is 2.98. The number of nitrogens with zero attached hydrogens (tertiary/aromatic N) is 1. The van der Waals surface area contributed by atoms with E-state index in [0.29, 0.717) is 24.6 Å². The monoisotopic (exact) mass is 317 g/mol. The maximum atomic E-state index is 12.5. The maximum absolute atomic E-state index is 12.5. The van der Waals surface area contributed by atoms with Gasteiger partial charge in [-0.2, -0.15) is 0 Å². The zero-order valence-electron chi connectivity index (χ0n) is 12.2. The molecule has 112 valence electrons. The Labute approximate surface area is 125 Å². The molecule has 1 rings (SSSR count). The second kappa shape index (κ2) is 6.59. The minimum Gasteiger partial charge on any atom is -0.339 e. The fraction of sp³-hybridized carbons (Fsp3) is 0.500. The fourth-order valence-electron chi connectivity index (χ4n) is 1.95. The van der Waals surface area contributed by atoms with Gasteiger partial charge in [-0.3, -0.25) is 4.79 Å². The van der Waals surface area contributed by atoms with E-state index in [1.165, 1.54) is 12.1 Å². The van der Waals surface area contributed by atoms with Gasteiger partial charge in [-0.15, -0.1) is 0 Å². The number of hydrogen-bond donors (Lipinski definition) is 0. The molecule has 1 aromatic carbocycles. The van der Waals surface area contributed by atoms with Crippen LogP contribution in [0.25, 0.3) is 0 Å². The van der Waals surface area contributed by atoms with Crippen LogP contribution in [0.2, 0.25) is 0 Å². The summed E-state index contributed by atoms with van der Waals surface area (Å²) in [7, 11) is 1.50. The molecular formula is C14H20ClNO3S. The van der Waals surface area contributed by atoms with E-state index in [9.17, 15) is 13.2 Å². The molecule has 0 aromatic heterocycles. The zero-order valence-corrected chi connectivity index (χ0v) is 13.8. The summed E-state index contributed by atoms with van der Waals surface area (Å²) in [5.41, 5.74) is 1.12. The number of halogens is 1. The first-order valence-corrected chi connectivity index (χ1v) is 8.82. The standard InChI is InChI=1S/C14H20ClNO3S/c1-5-16(9-10(2)3)14(17)13-8-12(20(15,18)19)7-6-11(13)4/h6-8,10H,5,9H2,1-4H3. The van der Waals surface area contributed by atoms with Gasteiger partial charge < -0.3 is 4.90 Å². The van der Waals surface area contributed by atoms with Gasteiger partial charge in [0.1, 0.15) is 0 Å². The lowest BCUT2D eigenvalue weighted by Crippen LogP contribution is -2.34. The molecule has 4 nitrogen and oxygen atoms in total. The number of carbonyl (C=O) groups excluding carboxylic acids is 1. The van der Waals surface area contributed by atoms with Crippen molar-refractivity contribution < 1.29 is 13.2 Å². The molecule has 6 heteroatoms. The number of benzene rings is 1. The summed E-state index contributed by atoms with van der Waals surface area (Å²) in [5, 5.41) is 0. The Balaban J connectivity index is 3.21. The van der Waals surface area contributed by atoms with Crippen molar-refractivity contribution in [2.45, 2.75) is 32.6 Å². The van der Waals surface area contributed by atoms with Crippen LogP contribution in [-0.2, 0) is 9.05 Å². The predicted octanol–water partition coefficient (Wildman–Crippen LogP) is 3.04. The summed E-state index contributed by atoms with van der Waals surface area (Å²) < 4.78 is 22.8. The van der Waals surface area contributed by atoms with E-state index in [1.54, 1.807) is 17.9 Å². The van der Waals surface area contributed by atoms with Crippen LogP contribution in [0.15, 0.2) is 23.1 Å².